The molecule has 0 aliphatic heterocycles. The number of hydrogen-bond acceptors (Lipinski definition) is 5. The van der Waals surface area contributed by atoms with Crippen LogP contribution in [0.4, 0.5) is 0 Å². The molecule has 0 spiro atoms. The SMILES string of the molecule is CCOc1ccccc1OCCOc1ccc2ccccc2c1C=NO. The first-order chi connectivity index (χ1) is 12.8. The van der Waals surface area contributed by atoms with Crippen LogP contribution in [0, 0.1) is 0 Å². The van der Waals surface area contributed by atoms with Crippen LogP contribution in [-0.2, 0) is 0 Å². The van der Waals surface area contributed by atoms with E-state index >= 15 is 0 Å². The van der Waals surface area contributed by atoms with Crippen LogP contribution < -0.4 is 14.2 Å². The zero-order chi connectivity index (χ0) is 18.2. The van der Waals surface area contributed by atoms with Crippen LogP contribution in [0.3, 0.4) is 0 Å². The zero-order valence-electron chi connectivity index (χ0n) is 14.6. The Morgan fingerprint density at radius 1 is 0.808 bits per heavy atom. The molecule has 134 valence electrons. The quantitative estimate of drug-likeness (QED) is 0.281. The topological polar surface area (TPSA) is 60.3 Å². The first kappa shape index (κ1) is 17.6. The van der Waals surface area contributed by atoms with E-state index in [1.54, 1.807) is 0 Å². The van der Waals surface area contributed by atoms with Crippen molar-refractivity contribution in [3.05, 3.63) is 66.2 Å². The average molecular weight is 351 g/mol. The van der Waals surface area contributed by atoms with Gasteiger partial charge in [0.15, 0.2) is 11.5 Å². The van der Waals surface area contributed by atoms with E-state index < -0.39 is 0 Å². The lowest BCUT2D eigenvalue weighted by Crippen LogP contribution is -2.10. The summed E-state index contributed by atoms with van der Waals surface area (Å²) in [5.41, 5.74) is 0.736. The van der Waals surface area contributed by atoms with Crippen molar-refractivity contribution in [2.45, 2.75) is 6.92 Å². The molecule has 0 aromatic heterocycles. The van der Waals surface area contributed by atoms with E-state index in [-0.39, 0.29) is 0 Å². The van der Waals surface area contributed by atoms with Gasteiger partial charge in [-0.1, -0.05) is 47.6 Å². The van der Waals surface area contributed by atoms with Crippen molar-refractivity contribution < 1.29 is 19.4 Å². The fourth-order valence-corrected chi connectivity index (χ4v) is 2.74. The van der Waals surface area contributed by atoms with Crippen molar-refractivity contribution in [1.82, 2.24) is 0 Å². The Balaban J connectivity index is 1.68. The fraction of sp³-hybridized carbons (Fsp3) is 0.190. The minimum absolute atomic E-state index is 0.352. The number of ether oxygens (including phenoxy) is 3. The average Bonchev–Trinajstić information content (AvgIpc) is 2.68. The number of para-hydroxylation sites is 2. The Morgan fingerprint density at radius 2 is 1.46 bits per heavy atom. The predicted octanol–water partition coefficient (Wildman–Crippen LogP) is 4.50. The molecule has 3 aromatic rings. The Morgan fingerprint density at radius 3 is 2.19 bits per heavy atom. The van der Waals surface area contributed by atoms with Crippen molar-refractivity contribution >= 4 is 17.0 Å². The van der Waals surface area contributed by atoms with Gasteiger partial charge in [-0.25, -0.2) is 0 Å². The number of benzene rings is 3. The van der Waals surface area contributed by atoms with E-state index in [4.69, 9.17) is 19.4 Å². The van der Waals surface area contributed by atoms with E-state index in [9.17, 15) is 0 Å². The van der Waals surface area contributed by atoms with Gasteiger partial charge < -0.3 is 19.4 Å². The van der Waals surface area contributed by atoms with Crippen LogP contribution in [0.1, 0.15) is 12.5 Å². The van der Waals surface area contributed by atoms with Crippen LogP contribution in [0.2, 0.25) is 0 Å². The summed E-state index contributed by atoms with van der Waals surface area (Å²) in [5.74, 6) is 2.05. The smallest absolute Gasteiger partial charge is 0.161 e. The van der Waals surface area contributed by atoms with Gasteiger partial charge in [0, 0.05) is 5.56 Å². The molecule has 0 atom stereocenters. The minimum atomic E-state index is 0.352. The number of hydrogen-bond donors (Lipinski definition) is 1. The summed E-state index contributed by atoms with van der Waals surface area (Å²) in [6.07, 6.45) is 1.39. The molecule has 26 heavy (non-hydrogen) atoms. The highest BCUT2D eigenvalue weighted by molar-refractivity contribution is 6.02. The normalized spacial score (nSPS) is 11.0. The molecule has 0 bridgehead atoms. The molecule has 0 amide bonds. The molecule has 0 unspecified atom stereocenters. The lowest BCUT2D eigenvalue weighted by atomic mass is 10.0. The molecule has 1 N–H and O–H groups in total. The summed E-state index contributed by atoms with van der Waals surface area (Å²) < 4.78 is 17.2. The Labute approximate surface area is 152 Å². The third-order valence-electron chi connectivity index (χ3n) is 3.86. The third kappa shape index (κ3) is 4.06. The molecule has 0 fully saturated rings. The van der Waals surface area contributed by atoms with E-state index in [1.807, 2.05) is 67.6 Å². The van der Waals surface area contributed by atoms with Crippen LogP contribution >= 0.6 is 0 Å². The van der Waals surface area contributed by atoms with Crippen LogP contribution in [-0.4, -0.2) is 31.2 Å². The van der Waals surface area contributed by atoms with E-state index in [2.05, 4.69) is 5.16 Å². The second-order valence-corrected chi connectivity index (χ2v) is 5.52. The van der Waals surface area contributed by atoms with Crippen molar-refractivity contribution in [1.29, 1.82) is 0 Å². The highest BCUT2D eigenvalue weighted by atomic mass is 16.5. The Hall–Kier alpha value is -3.21. The van der Waals surface area contributed by atoms with Gasteiger partial charge in [0.05, 0.1) is 12.8 Å². The van der Waals surface area contributed by atoms with Crippen LogP contribution in [0.5, 0.6) is 17.2 Å². The molecule has 0 aliphatic carbocycles. The van der Waals surface area contributed by atoms with Crippen molar-refractivity contribution in [3.63, 3.8) is 0 Å². The molecule has 0 aliphatic rings. The van der Waals surface area contributed by atoms with E-state index in [0.717, 1.165) is 16.3 Å². The van der Waals surface area contributed by atoms with Crippen molar-refractivity contribution in [3.8, 4) is 17.2 Å². The molecule has 0 saturated carbocycles. The van der Waals surface area contributed by atoms with Gasteiger partial charge in [-0.2, -0.15) is 0 Å². The van der Waals surface area contributed by atoms with Gasteiger partial charge in [0.25, 0.3) is 0 Å². The van der Waals surface area contributed by atoms with Gasteiger partial charge in [-0.3, -0.25) is 0 Å². The maximum Gasteiger partial charge on any atom is 0.161 e. The summed E-state index contributed by atoms with van der Waals surface area (Å²) in [4.78, 5) is 0. The maximum absolute atomic E-state index is 8.98. The minimum Gasteiger partial charge on any atom is -0.490 e. The van der Waals surface area contributed by atoms with Gasteiger partial charge in [-0.05, 0) is 35.9 Å². The summed E-state index contributed by atoms with van der Waals surface area (Å²) in [7, 11) is 0. The Bertz CT molecular complexity index is 892. The molecule has 3 rings (SSSR count). The zero-order valence-corrected chi connectivity index (χ0v) is 14.6. The lowest BCUT2D eigenvalue weighted by Gasteiger charge is -2.14. The van der Waals surface area contributed by atoms with Crippen molar-refractivity contribution in [2.75, 3.05) is 19.8 Å². The monoisotopic (exact) mass is 351 g/mol. The predicted molar refractivity (Wildman–Crippen MR) is 102 cm³/mol. The molecular weight excluding hydrogens is 330 g/mol. The standard InChI is InChI=1S/C21H21NO4/c1-2-24-20-9-5-6-10-21(20)26-14-13-25-19-12-11-16-7-3-4-8-17(16)18(19)15-22-23/h3-12,15,23H,2,13-14H2,1H3. The first-order valence-electron chi connectivity index (χ1n) is 8.50. The number of nitrogens with zero attached hydrogens (tertiary/aromatic N) is 1. The van der Waals surface area contributed by atoms with Gasteiger partial charge >= 0.3 is 0 Å². The van der Waals surface area contributed by atoms with E-state index in [1.165, 1.54) is 6.21 Å². The summed E-state index contributed by atoms with van der Waals surface area (Å²) >= 11 is 0. The van der Waals surface area contributed by atoms with Gasteiger partial charge in [-0.15, -0.1) is 0 Å². The molecule has 0 saturated heterocycles. The second kappa shape index (κ2) is 8.76. The number of rotatable bonds is 8. The number of oxime groups is 1. The second-order valence-electron chi connectivity index (χ2n) is 5.52. The summed E-state index contributed by atoms with van der Waals surface area (Å²) in [6, 6.07) is 19.3. The largest absolute Gasteiger partial charge is 0.490 e. The van der Waals surface area contributed by atoms with E-state index in [0.29, 0.717) is 37.1 Å². The lowest BCUT2D eigenvalue weighted by molar-refractivity contribution is 0.208. The Kier molecular flexibility index (Phi) is 5.93. The highest BCUT2D eigenvalue weighted by Crippen LogP contribution is 2.28. The van der Waals surface area contributed by atoms with Crippen molar-refractivity contribution in [2.24, 2.45) is 5.16 Å². The summed E-state index contributed by atoms with van der Waals surface area (Å²) in [6.45, 7) is 3.24. The first-order valence-corrected chi connectivity index (χ1v) is 8.50. The molecular formula is C21H21NO4. The molecule has 5 heteroatoms. The molecule has 0 radical (unpaired) electrons. The number of fused-ring (bicyclic) bond motifs is 1. The summed E-state index contributed by atoms with van der Waals surface area (Å²) in [5, 5.41) is 14.2. The highest BCUT2D eigenvalue weighted by Gasteiger charge is 2.08. The molecule has 0 heterocycles. The van der Waals surface area contributed by atoms with Gasteiger partial charge in [0.2, 0.25) is 0 Å². The van der Waals surface area contributed by atoms with Crippen LogP contribution in [0.25, 0.3) is 10.8 Å². The third-order valence-corrected chi connectivity index (χ3v) is 3.86. The maximum atomic E-state index is 8.98. The van der Waals surface area contributed by atoms with Gasteiger partial charge in [0.1, 0.15) is 19.0 Å². The molecule has 3 aromatic carbocycles. The van der Waals surface area contributed by atoms with Crippen LogP contribution in [0.15, 0.2) is 65.8 Å². The fourth-order valence-electron chi connectivity index (χ4n) is 2.74. The molecule has 5 nitrogen and oxygen atoms in total.